The molecule has 0 fully saturated rings. The molecule has 0 amide bonds. The molecule has 0 bridgehead atoms. The summed E-state index contributed by atoms with van der Waals surface area (Å²) in [6.45, 7) is 2.96. The van der Waals surface area contributed by atoms with E-state index < -0.39 is 0 Å². The van der Waals surface area contributed by atoms with Gasteiger partial charge in [-0.1, -0.05) is 24.3 Å². The van der Waals surface area contributed by atoms with Crippen molar-refractivity contribution in [2.24, 2.45) is 0 Å². The molecule has 26 heavy (non-hydrogen) atoms. The number of furan rings is 1. The lowest BCUT2D eigenvalue weighted by Gasteiger charge is -2.31. The number of nitrogens with zero attached hydrogens (tertiary/aromatic N) is 1. The van der Waals surface area contributed by atoms with Crippen LogP contribution in [0.2, 0.25) is 0 Å². The quantitative estimate of drug-likeness (QED) is 0.551. The molecule has 0 unspecified atom stereocenters. The van der Waals surface area contributed by atoms with Crippen LogP contribution in [-0.4, -0.2) is 6.61 Å². The zero-order valence-corrected chi connectivity index (χ0v) is 15.1. The average molecular weight is 345 g/mol. The Bertz CT molecular complexity index is 957. The van der Waals surface area contributed by atoms with Crippen molar-refractivity contribution in [3.8, 4) is 5.75 Å². The Hall–Kier alpha value is -2.68. The minimum Gasteiger partial charge on any atom is -0.491 e. The van der Waals surface area contributed by atoms with Crippen molar-refractivity contribution in [3.05, 3.63) is 71.0 Å². The maximum atomic E-state index is 6.18. The molecule has 3 heteroatoms. The third kappa shape index (κ3) is 2.42. The van der Waals surface area contributed by atoms with Crippen molar-refractivity contribution in [1.82, 2.24) is 0 Å². The van der Waals surface area contributed by atoms with Crippen LogP contribution >= 0.6 is 0 Å². The van der Waals surface area contributed by atoms with Gasteiger partial charge in [-0.05, 0) is 73.9 Å². The Balaban J connectivity index is 1.78. The monoisotopic (exact) mass is 345 g/mol. The third-order valence-corrected chi connectivity index (χ3v) is 5.58. The zero-order valence-electron chi connectivity index (χ0n) is 15.1. The number of hydrogen-bond acceptors (Lipinski definition) is 3. The van der Waals surface area contributed by atoms with E-state index in [9.17, 15) is 0 Å². The van der Waals surface area contributed by atoms with E-state index in [0.717, 1.165) is 56.0 Å². The zero-order chi connectivity index (χ0) is 17.5. The molecular weight excluding hydrogens is 322 g/mol. The maximum absolute atomic E-state index is 6.18. The summed E-state index contributed by atoms with van der Waals surface area (Å²) in [4.78, 5) is 2.27. The molecule has 3 nitrogen and oxygen atoms in total. The highest BCUT2D eigenvalue weighted by Gasteiger charge is 2.28. The topological polar surface area (TPSA) is 25.6 Å². The summed E-state index contributed by atoms with van der Waals surface area (Å²) < 4.78 is 12.2. The van der Waals surface area contributed by atoms with E-state index in [4.69, 9.17) is 9.15 Å². The second-order valence-corrected chi connectivity index (χ2v) is 7.23. The summed E-state index contributed by atoms with van der Waals surface area (Å²) in [7, 11) is 0. The molecule has 2 aliphatic rings. The Labute approximate surface area is 154 Å². The summed E-state index contributed by atoms with van der Waals surface area (Å²) in [5.74, 6) is 1.95. The van der Waals surface area contributed by atoms with Crippen LogP contribution in [-0.2, 0) is 19.3 Å². The molecule has 3 aromatic rings. The van der Waals surface area contributed by atoms with E-state index >= 15 is 0 Å². The highest BCUT2D eigenvalue weighted by Crippen LogP contribution is 2.47. The summed E-state index contributed by atoms with van der Waals surface area (Å²) in [6, 6.07) is 15.2. The van der Waals surface area contributed by atoms with Crippen LogP contribution in [0.15, 0.2) is 53.1 Å². The average Bonchev–Trinajstić information content (AvgIpc) is 3.11. The first kappa shape index (κ1) is 15.6. The molecule has 0 atom stereocenters. The molecule has 0 saturated heterocycles. The second kappa shape index (κ2) is 6.24. The summed E-state index contributed by atoms with van der Waals surface area (Å²) in [5.41, 5.74) is 7.56. The standard InChI is InChI=1S/C23H23NO2/c1-16-11-12-21(22-19(16)9-5-14-25-22)24-20-10-3-2-6-17(20)7-4-8-18-13-15-26-23(18)24/h2-3,6,10-13,15H,4-5,7-9,14H2,1H3. The molecule has 2 aromatic carbocycles. The number of rotatable bonds is 1. The predicted octanol–water partition coefficient (Wildman–Crippen LogP) is 5.87. The number of ether oxygens (including phenoxy) is 1. The number of aryl methyl sites for hydroxylation is 3. The van der Waals surface area contributed by atoms with E-state index in [0.29, 0.717) is 0 Å². The van der Waals surface area contributed by atoms with Gasteiger partial charge >= 0.3 is 0 Å². The van der Waals surface area contributed by atoms with Gasteiger partial charge in [0.2, 0.25) is 5.88 Å². The van der Waals surface area contributed by atoms with Crippen LogP contribution in [0.25, 0.3) is 0 Å². The minimum absolute atomic E-state index is 0.782. The Morgan fingerprint density at radius 1 is 0.846 bits per heavy atom. The van der Waals surface area contributed by atoms with Crippen molar-refractivity contribution in [3.63, 3.8) is 0 Å². The van der Waals surface area contributed by atoms with Gasteiger partial charge in [-0.2, -0.15) is 0 Å². The largest absolute Gasteiger partial charge is 0.491 e. The predicted molar refractivity (Wildman–Crippen MR) is 104 cm³/mol. The van der Waals surface area contributed by atoms with Gasteiger partial charge in [-0.25, -0.2) is 0 Å². The summed E-state index contributed by atoms with van der Waals surface area (Å²) in [6.07, 6.45) is 7.22. The molecule has 0 spiro atoms. The lowest BCUT2D eigenvalue weighted by atomic mass is 9.96. The Morgan fingerprint density at radius 3 is 2.69 bits per heavy atom. The van der Waals surface area contributed by atoms with Gasteiger partial charge in [0, 0.05) is 5.56 Å². The number of fused-ring (bicyclic) bond motifs is 3. The molecule has 2 aliphatic heterocycles. The number of anilines is 3. The molecule has 0 radical (unpaired) electrons. The van der Waals surface area contributed by atoms with Crippen LogP contribution in [0, 0.1) is 6.92 Å². The van der Waals surface area contributed by atoms with Crippen LogP contribution in [0.1, 0.15) is 35.1 Å². The first-order valence-electron chi connectivity index (χ1n) is 9.52. The molecule has 5 rings (SSSR count). The Morgan fingerprint density at radius 2 is 1.73 bits per heavy atom. The van der Waals surface area contributed by atoms with E-state index in [1.165, 1.54) is 27.9 Å². The van der Waals surface area contributed by atoms with E-state index in [1.807, 2.05) is 6.26 Å². The normalized spacial score (nSPS) is 16.0. The minimum atomic E-state index is 0.782. The van der Waals surface area contributed by atoms with Crippen molar-refractivity contribution >= 4 is 17.3 Å². The molecule has 0 N–H and O–H groups in total. The highest BCUT2D eigenvalue weighted by molar-refractivity contribution is 5.82. The van der Waals surface area contributed by atoms with Gasteiger partial charge < -0.3 is 9.15 Å². The van der Waals surface area contributed by atoms with Gasteiger partial charge in [0.15, 0.2) is 0 Å². The molecule has 132 valence electrons. The van der Waals surface area contributed by atoms with Crippen LogP contribution < -0.4 is 9.64 Å². The molecular formula is C23H23NO2. The van der Waals surface area contributed by atoms with Gasteiger partial charge in [0.1, 0.15) is 5.75 Å². The van der Waals surface area contributed by atoms with Crippen molar-refractivity contribution in [2.45, 2.75) is 39.0 Å². The maximum Gasteiger partial charge on any atom is 0.207 e. The molecule has 0 aliphatic carbocycles. The third-order valence-electron chi connectivity index (χ3n) is 5.58. The molecule has 0 saturated carbocycles. The van der Waals surface area contributed by atoms with Crippen molar-refractivity contribution < 1.29 is 9.15 Å². The number of para-hydroxylation sites is 1. The first-order valence-corrected chi connectivity index (χ1v) is 9.52. The van der Waals surface area contributed by atoms with Crippen molar-refractivity contribution in [2.75, 3.05) is 11.5 Å². The fourth-order valence-electron chi connectivity index (χ4n) is 4.26. The molecule has 3 heterocycles. The summed E-state index contributed by atoms with van der Waals surface area (Å²) in [5, 5.41) is 0. The highest BCUT2D eigenvalue weighted by atomic mass is 16.5. The van der Waals surface area contributed by atoms with Crippen molar-refractivity contribution in [1.29, 1.82) is 0 Å². The van der Waals surface area contributed by atoms with E-state index in [2.05, 4.69) is 54.3 Å². The fourth-order valence-corrected chi connectivity index (χ4v) is 4.26. The lowest BCUT2D eigenvalue weighted by Crippen LogP contribution is -2.19. The number of hydrogen-bond donors (Lipinski definition) is 0. The Kier molecular flexibility index (Phi) is 3.74. The first-order chi connectivity index (χ1) is 12.8. The van der Waals surface area contributed by atoms with Gasteiger partial charge in [-0.3, -0.25) is 4.90 Å². The SMILES string of the molecule is Cc1ccc(N2c3ccccc3CCCc3ccoc32)c2c1CCCO2. The smallest absolute Gasteiger partial charge is 0.207 e. The lowest BCUT2D eigenvalue weighted by molar-refractivity contribution is 0.288. The fraction of sp³-hybridized carbons (Fsp3) is 0.304. The van der Waals surface area contributed by atoms with Gasteiger partial charge in [0.05, 0.1) is 24.2 Å². The van der Waals surface area contributed by atoms with Crippen LogP contribution in [0.3, 0.4) is 0 Å². The van der Waals surface area contributed by atoms with E-state index in [-0.39, 0.29) is 0 Å². The summed E-state index contributed by atoms with van der Waals surface area (Å²) >= 11 is 0. The van der Waals surface area contributed by atoms with Crippen LogP contribution in [0.4, 0.5) is 17.3 Å². The number of benzene rings is 2. The van der Waals surface area contributed by atoms with E-state index in [1.54, 1.807) is 0 Å². The molecule has 1 aromatic heterocycles. The van der Waals surface area contributed by atoms with Gasteiger partial charge in [0.25, 0.3) is 0 Å². The van der Waals surface area contributed by atoms with Crippen LogP contribution in [0.5, 0.6) is 5.75 Å². The second-order valence-electron chi connectivity index (χ2n) is 7.23. The van der Waals surface area contributed by atoms with Gasteiger partial charge in [-0.15, -0.1) is 0 Å².